The van der Waals surface area contributed by atoms with Gasteiger partial charge >= 0.3 is 5.97 Å². The van der Waals surface area contributed by atoms with Crippen LogP contribution in [0.1, 0.15) is 19.3 Å². The Kier molecular flexibility index (Phi) is 2.41. The van der Waals surface area contributed by atoms with Gasteiger partial charge in [-0.05, 0) is 18.9 Å². The average molecular weight is 154 g/mol. The zero-order valence-electron chi connectivity index (χ0n) is 6.12. The molecule has 0 aromatic carbocycles. The summed E-state index contributed by atoms with van der Waals surface area (Å²) in [5.74, 6) is -0.998. The molecule has 0 atom stereocenters. The summed E-state index contributed by atoms with van der Waals surface area (Å²) in [6.07, 6.45) is 5.00. The van der Waals surface area contributed by atoms with Crippen molar-refractivity contribution in [3.8, 4) is 0 Å². The standard InChI is InChI=1S/C8H10O3/c9-7(4-5-8(10)11)6-2-1-3-6/h4-6H,1-3H2,(H,10,11)/b5-4+. The van der Waals surface area contributed by atoms with Crippen molar-refractivity contribution >= 4 is 11.8 Å². The highest BCUT2D eigenvalue weighted by Crippen LogP contribution is 2.27. The zero-order valence-corrected chi connectivity index (χ0v) is 6.12. The van der Waals surface area contributed by atoms with Crippen LogP contribution in [0.25, 0.3) is 0 Å². The second-order valence-corrected chi connectivity index (χ2v) is 2.70. The number of hydrogen-bond donors (Lipinski definition) is 1. The van der Waals surface area contributed by atoms with Crippen molar-refractivity contribution < 1.29 is 14.7 Å². The average Bonchev–Trinajstić information content (AvgIpc) is 1.79. The predicted octanol–water partition coefficient (Wildman–Crippen LogP) is 0.996. The molecule has 0 bridgehead atoms. The van der Waals surface area contributed by atoms with Gasteiger partial charge in [0.25, 0.3) is 0 Å². The van der Waals surface area contributed by atoms with Crippen molar-refractivity contribution in [3.63, 3.8) is 0 Å². The maximum Gasteiger partial charge on any atom is 0.328 e. The zero-order chi connectivity index (χ0) is 8.27. The van der Waals surface area contributed by atoms with E-state index in [1.54, 1.807) is 0 Å². The van der Waals surface area contributed by atoms with Crippen LogP contribution >= 0.6 is 0 Å². The summed E-state index contributed by atoms with van der Waals surface area (Å²) in [5.41, 5.74) is 0. The quantitative estimate of drug-likeness (QED) is 0.617. The molecule has 1 saturated carbocycles. The van der Waals surface area contributed by atoms with Crippen LogP contribution in [0.5, 0.6) is 0 Å². The van der Waals surface area contributed by atoms with Crippen LogP contribution in [-0.4, -0.2) is 16.9 Å². The van der Waals surface area contributed by atoms with Crippen molar-refractivity contribution in [1.82, 2.24) is 0 Å². The molecule has 0 aromatic heterocycles. The van der Waals surface area contributed by atoms with E-state index in [0.29, 0.717) is 0 Å². The molecule has 0 spiro atoms. The molecular weight excluding hydrogens is 144 g/mol. The van der Waals surface area contributed by atoms with Gasteiger partial charge in [-0.1, -0.05) is 6.42 Å². The number of carbonyl (C=O) groups is 2. The monoisotopic (exact) mass is 154 g/mol. The molecule has 1 aliphatic rings. The fourth-order valence-electron chi connectivity index (χ4n) is 0.982. The highest BCUT2D eigenvalue weighted by molar-refractivity contribution is 5.96. The van der Waals surface area contributed by atoms with E-state index in [0.717, 1.165) is 31.4 Å². The van der Waals surface area contributed by atoms with Gasteiger partial charge in [0, 0.05) is 12.0 Å². The van der Waals surface area contributed by atoms with Crippen LogP contribution in [0.15, 0.2) is 12.2 Å². The summed E-state index contributed by atoms with van der Waals surface area (Å²) in [7, 11) is 0. The van der Waals surface area contributed by atoms with Gasteiger partial charge in [0.05, 0.1) is 0 Å². The first-order chi connectivity index (χ1) is 5.20. The Morgan fingerprint density at radius 1 is 1.27 bits per heavy atom. The lowest BCUT2D eigenvalue weighted by atomic mass is 9.82. The first-order valence-corrected chi connectivity index (χ1v) is 3.65. The number of hydrogen-bond acceptors (Lipinski definition) is 2. The Morgan fingerprint density at radius 2 is 1.91 bits per heavy atom. The summed E-state index contributed by atoms with van der Waals surface area (Å²) in [5, 5.41) is 8.20. The Bertz CT molecular complexity index is 201. The fraction of sp³-hybridized carbons (Fsp3) is 0.500. The molecule has 0 radical (unpaired) electrons. The number of aliphatic carboxylic acids is 1. The minimum Gasteiger partial charge on any atom is -0.478 e. The van der Waals surface area contributed by atoms with Crippen molar-refractivity contribution in [1.29, 1.82) is 0 Å². The van der Waals surface area contributed by atoms with Gasteiger partial charge in [0.2, 0.25) is 0 Å². The van der Waals surface area contributed by atoms with E-state index < -0.39 is 5.97 Å². The first kappa shape index (κ1) is 7.98. The topological polar surface area (TPSA) is 54.4 Å². The number of carboxylic acid groups (broad SMARTS) is 1. The Hall–Kier alpha value is -1.12. The molecule has 11 heavy (non-hydrogen) atoms. The number of rotatable bonds is 3. The Morgan fingerprint density at radius 3 is 2.27 bits per heavy atom. The largest absolute Gasteiger partial charge is 0.478 e. The normalized spacial score (nSPS) is 18.2. The third-order valence-corrected chi connectivity index (χ3v) is 1.90. The Labute approximate surface area is 64.7 Å². The van der Waals surface area contributed by atoms with E-state index in [1.807, 2.05) is 0 Å². The third kappa shape index (κ3) is 2.18. The first-order valence-electron chi connectivity index (χ1n) is 3.65. The van der Waals surface area contributed by atoms with Gasteiger partial charge in [0.1, 0.15) is 0 Å². The minimum atomic E-state index is -1.06. The van der Waals surface area contributed by atoms with Crippen LogP contribution in [0.4, 0.5) is 0 Å². The van der Waals surface area contributed by atoms with E-state index in [2.05, 4.69) is 0 Å². The number of carboxylic acids is 1. The lowest BCUT2D eigenvalue weighted by molar-refractivity contribution is -0.131. The van der Waals surface area contributed by atoms with Gasteiger partial charge in [-0.2, -0.15) is 0 Å². The van der Waals surface area contributed by atoms with Gasteiger partial charge in [0.15, 0.2) is 5.78 Å². The molecule has 0 aliphatic heterocycles. The molecule has 0 amide bonds. The van der Waals surface area contributed by atoms with Gasteiger partial charge in [-0.15, -0.1) is 0 Å². The molecule has 0 heterocycles. The lowest BCUT2D eigenvalue weighted by Crippen LogP contribution is -2.19. The van der Waals surface area contributed by atoms with Crippen LogP contribution in [-0.2, 0) is 9.59 Å². The van der Waals surface area contributed by atoms with Crippen LogP contribution < -0.4 is 0 Å². The maximum atomic E-state index is 11.0. The smallest absolute Gasteiger partial charge is 0.328 e. The van der Waals surface area contributed by atoms with E-state index in [1.165, 1.54) is 0 Å². The molecule has 3 heteroatoms. The fourth-order valence-corrected chi connectivity index (χ4v) is 0.982. The summed E-state index contributed by atoms with van der Waals surface area (Å²) < 4.78 is 0. The van der Waals surface area contributed by atoms with E-state index >= 15 is 0 Å². The van der Waals surface area contributed by atoms with Crippen LogP contribution in [0, 0.1) is 5.92 Å². The summed E-state index contributed by atoms with van der Waals surface area (Å²) in [6, 6.07) is 0. The van der Waals surface area contributed by atoms with Crippen molar-refractivity contribution in [3.05, 3.63) is 12.2 Å². The van der Waals surface area contributed by atoms with Crippen LogP contribution in [0.2, 0.25) is 0 Å². The molecule has 3 nitrogen and oxygen atoms in total. The molecule has 1 rings (SSSR count). The third-order valence-electron chi connectivity index (χ3n) is 1.90. The van der Waals surface area contributed by atoms with E-state index in [-0.39, 0.29) is 11.7 Å². The van der Waals surface area contributed by atoms with Gasteiger partial charge in [-0.3, -0.25) is 4.79 Å². The van der Waals surface area contributed by atoms with E-state index in [4.69, 9.17) is 5.11 Å². The molecule has 0 aromatic rings. The minimum absolute atomic E-state index is 0.0429. The van der Waals surface area contributed by atoms with Crippen molar-refractivity contribution in [2.24, 2.45) is 5.92 Å². The molecule has 1 aliphatic carbocycles. The van der Waals surface area contributed by atoms with Gasteiger partial charge in [-0.25, -0.2) is 4.79 Å². The molecule has 0 saturated heterocycles. The molecule has 1 fully saturated rings. The number of ketones is 1. The lowest BCUT2D eigenvalue weighted by Gasteiger charge is -2.21. The second kappa shape index (κ2) is 3.32. The maximum absolute atomic E-state index is 11.0. The summed E-state index contributed by atoms with van der Waals surface area (Å²) >= 11 is 0. The second-order valence-electron chi connectivity index (χ2n) is 2.70. The predicted molar refractivity (Wildman–Crippen MR) is 39.1 cm³/mol. The summed E-state index contributed by atoms with van der Waals surface area (Å²) in [4.78, 5) is 21.0. The Balaban J connectivity index is 2.36. The molecular formula is C8H10O3. The highest BCUT2D eigenvalue weighted by Gasteiger charge is 2.22. The number of carbonyl (C=O) groups excluding carboxylic acids is 1. The molecule has 1 N–H and O–H groups in total. The summed E-state index contributed by atoms with van der Waals surface area (Å²) in [6.45, 7) is 0. The number of allylic oxidation sites excluding steroid dienone is 1. The highest BCUT2D eigenvalue weighted by atomic mass is 16.4. The van der Waals surface area contributed by atoms with Crippen LogP contribution in [0.3, 0.4) is 0 Å². The molecule has 60 valence electrons. The SMILES string of the molecule is O=C(O)/C=C/C(=O)C1CCC1. The van der Waals surface area contributed by atoms with Crippen molar-refractivity contribution in [2.75, 3.05) is 0 Å². The van der Waals surface area contributed by atoms with Crippen molar-refractivity contribution in [2.45, 2.75) is 19.3 Å². The molecule has 0 unspecified atom stereocenters. The van der Waals surface area contributed by atoms with Gasteiger partial charge < -0.3 is 5.11 Å². The van der Waals surface area contributed by atoms with E-state index in [9.17, 15) is 9.59 Å².